The first-order valence-electron chi connectivity index (χ1n) is 7.72. The van der Waals surface area contributed by atoms with Crippen LogP contribution in [0.25, 0.3) is 0 Å². The highest BCUT2D eigenvalue weighted by Crippen LogP contribution is 2.41. The van der Waals surface area contributed by atoms with Crippen LogP contribution in [-0.2, 0) is 0 Å². The Labute approximate surface area is 117 Å². The van der Waals surface area contributed by atoms with Gasteiger partial charge < -0.3 is 0 Å². The van der Waals surface area contributed by atoms with Crippen LogP contribution in [0.5, 0.6) is 0 Å². The molecule has 1 heteroatoms. The summed E-state index contributed by atoms with van der Waals surface area (Å²) < 4.78 is 0. The topological polar surface area (TPSA) is 17.1 Å². The zero-order valence-electron chi connectivity index (χ0n) is 12.5. The molecule has 0 heterocycles. The Bertz CT molecular complexity index is 418. The Morgan fingerprint density at radius 1 is 1.21 bits per heavy atom. The first kappa shape index (κ1) is 14.3. The van der Waals surface area contributed by atoms with E-state index in [4.69, 9.17) is 0 Å². The fourth-order valence-corrected chi connectivity index (χ4v) is 3.55. The number of hydrogen-bond donors (Lipinski definition) is 0. The third kappa shape index (κ3) is 3.46. The molecular formula is C18H26O. The molecule has 1 aromatic rings. The number of benzene rings is 1. The van der Waals surface area contributed by atoms with Gasteiger partial charge in [-0.05, 0) is 49.5 Å². The fraction of sp³-hybridized carbons (Fsp3) is 0.611. The van der Waals surface area contributed by atoms with Gasteiger partial charge in [-0.15, -0.1) is 0 Å². The van der Waals surface area contributed by atoms with E-state index < -0.39 is 0 Å². The number of rotatable bonds is 4. The fourth-order valence-electron chi connectivity index (χ4n) is 3.55. The highest BCUT2D eigenvalue weighted by Gasteiger charge is 2.27. The maximum Gasteiger partial charge on any atom is 0.159 e. The highest BCUT2D eigenvalue weighted by molar-refractivity contribution is 5.94. The van der Waals surface area contributed by atoms with Crippen LogP contribution < -0.4 is 0 Å². The quantitative estimate of drug-likeness (QED) is 0.678. The van der Waals surface area contributed by atoms with Crippen molar-refractivity contribution in [2.24, 2.45) is 11.8 Å². The lowest BCUT2D eigenvalue weighted by molar-refractivity contribution is 0.101. The average Bonchev–Trinajstić information content (AvgIpc) is 2.41. The van der Waals surface area contributed by atoms with Crippen molar-refractivity contribution in [3.63, 3.8) is 0 Å². The van der Waals surface area contributed by atoms with Crippen LogP contribution in [0.3, 0.4) is 0 Å². The summed E-state index contributed by atoms with van der Waals surface area (Å²) in [5.41, 5.74) is 2.25. The molecule has 19 heavy (non-hydrogen) atoms. The van der Waals surface area contributed by atoms with Gasteiger partial charge in [0.2, 0.25) is 0 Å². The molecule has 1 nitrogen and oxygen atoms in total. The number of carbonyl (C=O) groups is 1. The lowest BCUT2D eigenvalue weighted by Gasteiger charge is -2.34. The Morgan fingerprint density at radius 3 is 2.42 bits per heavy atom. The predicted molar refractivity (Wildman–Crippen MR) is 80.6 cm³/mol. The summed E-state index contributed by atoms with van der Waals surface area (Å²) in [5, 5.41) is 0. The summed E-state index contributed by atoms with van der Waals surface area (Å²) in [6.07, 6.45) is 6.69. The molecule has 1 aliphatic rings. The molecule has 0 unspecified atom stereocenters. The Kier molecular flexibility index (Phi) is 4.79. The minimum atomic E-state index is 0.159. The summed E-state index contributed by atoms with van der Waals surface area (Å²) >= 11 is 0. The highest BCUT2D eigenvalue weighted by atomic mass is 16.1. The van der Waals surface area contributed by atoms with Gasteiger partial charge in [0, 0.05) is 5.56 Å². The molecule has 0 saturated heterocycles. The van der Waals surface area contributed by atoms with E-state index in [0.717, 1.165) is 17.4 Å². The molecule has 0 N–H and O–H groups in total. The number of carbonyl (C=O) groups excluding carboxylic acids is 1. The second kappa shape index (κ2) is 6.36. The molecule has 2 rings (SSSR count). The summed E-state index contributed by atoms with van der Waals surface area (Å²) in [6, 6.07) is 8.30. The Morgan fingerprint density at radius 2 is 1.89 bits per heavy atom. The van der Waals surface area contributed by atoms with Gasteiger partial charge in [0.05, 0.1) is 0 Å². The summed E-state index contributed by atoms with van der Waals surface area (Å²) in [7, 11) is 0. The molecule has 0 radical (unpaired) electrons. The van der Waals surface area contributed by atoms with Crippen molar-refractivity contribution in [3.05, 3.63) is 35.4 Å². The SMILES string of the molecule is CCC[C@H]1CC[C@H](c2ccc(C(C)=O)cc2)C[C@@H]1C. The van der Waals surface area contributed by atoms with Gasteiger partial charge >= 0.3 is 0 Å². The van der Waals surface area contributed by atoms with E-state index in [2.05, 4.69) is 26.0 Å². The third-order valence-electron chi connectivity index (χ3n) is 4.80. The molecular weight excluding hydrogens is 232 g/mol. The lowest BCUT2D eigenvalue weighted by atomic mass is 9.71. The normalized spacial score (nSPS) is 27.2. The molecule has 1 aromatic carbocycles. The molecule has 0 amide bonds. The summed E-state index contributed by atoms with van der Waals surface area (Å²) in [4.78, 5) is 11.3. The van der Waals surface area contributed by atoms with Crippen LogP contribution in [0.15, 0.2) is 24.3 Å². The summed E-state index contributed by atoms with van der Waals surface area (Å²) in [6.45, 7) is 6.34. The van der Waals surface area contributed by atoms with E-state index in [9.17, 15) is 4.79 Å². The van der Waals surface area contributed by atoms with E-state index in [1.807, 2.05) is 12.1 Å². The van der Waals surface area contributed by atoms with Gasteiger partial charge in [-0.3, -0.25) is 4.79 Å². The van der Waals surface area contributed by atoms with E-state index in [-0.39, 0.29) is 5.78 Å². The van der Waals surface area contributed by atoms with Crippen LogP contribution in [0, 0.1) is 11.8 Å². The number of ketones is 1. The maximum atomic E-state index is 11.3. The molecule has 0 bridgehead atoms. The van der Waals surface area contributed by atoms with Gasteiger partial charge in [0.25, 0.3) is 0 Å². The average molecular weight is 258 g/mol. The van der Waals surface area contributed by atoms with Gasteiger partial charge in [-0.25, -0.2) is 0 Å². The first-order valence-corrected chi connectivity index (χ1v) is 7.72. The first-order chi connectivity index (χ1) is 9.11. The van der Waals surface area contributed by atoms with E-state index in [1.165, 1.54) is 37.7 Å². The zero-order chi connectivity index (χ0) is 13.8. The van der Waals surface area contributed by atoms with Crippen LogP contribution >= 0.6 is 0 Å². The standard InChI is InChI=1S/C18H26O/c1-4-5-15-6-11-18(12-13(15)2)17-9-7-16(8-10-17)14(3)19/h7-10,13,15,18H,4-6,11-12H2,1-3H3/t13-,15-,18-/m0/s1. The molecule has 1 fully saturated rings. The minimum absolute atomic E-state index is 0.159. The molecule has 104 valence electrons. The van der Waals surface area contributed by atoms with Gasteiger partial charge in [0.15, 0.2) is 5.78 Å². The number of hydrogen-bond acceptors (Lipinski definition) is 1. The Balaban J connectivity index is 2.01. The Hall–Kier alpha value is -1.11. The minimum Gasteiger partial charge on any atom is -0.295 e. The van der Waals surface area contributed by atoms with Crippen molar-refractivity contribution in [2.75, 3.05) is 0 Å². The second-order valence-electron chi connectivity index (χ2n) is 6.21. The van der Waals surface area contributed by atoms with Crippen molar-refractivity contribution in [3.8, 4) is 0 Å². The lowest BCUT2D eigenvalue weighted by Crippen LogP contribution is -2.21. The predicted octanol–water partition coefficient (Wildman–Crippen LogP) is 5.21. The van der Waals surface area contributed by atoms with Crippen molar-refractivity contribution in [1.82, 2.24) is 0 Å². The maximum absolute atomic E-state index is 11.3. The molecule has 0 spiro atoms. The molecule has 1 aliphatic carbocycles. The molecule has 3 atom stereocenters. The largest absolute Gasteiger partial charge is 0.295 e. The molecule has 1 saturated carbocycles. The molecule has 0 aromatic heterocycles. The van der Waals surface area contributed by atoms with E-state index in [1.54, 1.807) is 6.92 Å². The van der Waals surface area contributed by atoms with Crippen LogP contribution in [0.4, 0.5) is 0 Å². The van der Waals surface area contributed by atoms with Gasteiger partial charge in [0.1, 0.15) is 0 Å². The molecule has 0 aliphatic heterocycles. The number of Topliss-reactive ketones (excluding diaryl/α,β-unsaturated/α-hetero) is 1. The third-order valence-corrected chi connectivity index (χ3v) is 4.80. The van der Waals surface area contributed by atoms with Crippen LogP contribution in [-0.4, -0.2) is 5.78 Å². The van der Waals surface area contributed by atoms with Crippen LogP contribution in [0.1, 0.15) is 74.7 Å². The monoisotopic (exact) mass is 258 g/mol. The van der Waals surface area contributed by atoms with Crippen molar-refractivity contribution < 1.29 is 4.79 Å². The van der Waals surface area contributed by atoms with Crippen molar-refractivity contribution >= 4 is 5.78 Å². The zero-order valence-corrected chi connectivity index (χ0v) is 12.5. The van der Waals surface area contributed by atoms with E-state index in [0.29, 0.717) is 5.92 Å². The summed E-state index contributed by atoms with van der Waals surface area (Å²) in [5.74, 6) is 2.62. The van der Waals surface area contributed by atoms with Crippen molar-refractivity contribution in [2.45, 2.75) is 58.8 Å². The van der Waals surface area contributed by atoms with E-state index >= 15 is 0 Å². The van der Waals surface area contributed by atoms with Gasteiger partial charge in [-0.2, -0.15) is 0 Å². The smallest absolute Gasteiger partial charge is 0.159 e. The van der Waals surface area contributed by atoms with Crippen molar-refractivity contribution in [1.29, 1.82) is 0 Å². The second-order valence-corrected chi connectivity index (χ2v) is 6.21. The van der Waals surface area contributed by atoms with Gasteiger partial charge in [-0.1, -0.05) is 51.0 Å². The van der Waals surface area contributed by atoms with Crippen LogP contribution in [0.2, 0.25) is 0 Å².